The van der Waals surface area contributed by atoms with E-state index in [1.165, 1.54) is 23.3 Å². The zero-order chi connectivity index (χ0) is 26.2. The lowest BCUT2D eigenvalue weighted by Gasteiger charge is -2.15. The molecule has 37 heavy (non-hydrogen) atoms. The summed E-state index contributed by atoms with van der Waals surface area (Å²) in [5.74, 6) is -0.301. The smallest absolute Gasteiger partial charge is 0.322 e. The number of amides is 1. The number of thiazole rings is 1. The number of anilines is 1. The standard InChI is InChI=1S/C29H26F3N3OS/c1-17-4-3-5-25(27(17)19-6-9-22(10-7-19)29(30,31)32)28(36)35-23-11-8-20-12-24(14-21(20)13-23)33-15-26-34-18(2)16-37-26/h3-11,13,16,24,33H,12,14-15H2,1-2H3,(H,35,36)/t24-/m0/s1. The lowest BCUT2D eigenvalue weighted by molar-refractivity contribution is -0.137. The van der Waals surface area contributed by atoms with Crippen LogP contribution in [0.4, 0.5) is 18.9 Å². The Labute approximate surface area is 217 Å². The Balaban J connectivity index is 1.30. The second-order valence-electron chi connectivity index (χ2n) is 9.38. The van der Waals surface area contributed by atoms with Gasteiger partial charge in [-0.25, -0.2) is 4.98 Å². The molecule has 190 valence electrons. The van der Waals surface area contributed by atoms with Crippen LogP contribution in [0.1, 0.15) is 43.3 Å². The molecule has 0 radical (unpaired) electrons. The van der Waals surface area contributed by atoms with Gasteiger partial charge in [-0.2, -0.15) is 13.2 Å². The van der Waals surface area contributed by atoms with Crippen molar-refractivity contribution in [3.63, 3.8) is 0 Å². The Kier molecular flexibility index (Phi) is 6.88. The van der Waals surface area contributed by atoms with E-state index >= 15 is 0 Å². The van der Waals surface area contributed by atoms with Crippen LogP contribution in [0.25, 0.3) is 11.1 Å². The fraction of sp³-hybridized carbons (Fsp3) is 0.241. The lowest BCUT2D eigenvalue weighted by Crippen LogP contribution is -2.28. The molecule has 2 N–H and O–H groups in total. The largest absolute Gasteiger partial charge is 0.416 e. The Morgan fingerprint density at radius 1 is 1.03 bits per heavy atom. The average Bonchev–Trinajstić information content (AvgIpc) is 3.47. The Morgan fingerprint density at radius 3 is 2.49 bits per heavy atom. The fourth-order valence-electron chi connectivity index (χ4n) is 4.82. The number of carbonyl (C=O) groups excluding carboxylic acids is 1. The van der Waals surface area contributed by atoms with Crippen LogP contribution >= 0.6 is 11.3 Å². The molecule has 3 aromatic carbocycles. The summed E-state index contributed by atoms with van der Waals surface area (Å²) in [5, 5.41) is 9.69. The van der Waals surface area contributed by atoms with Crippen molar-refractivity contribution in [2.75, 3.05) is 5.32 Å². The first-order chi connectivity index (χ1) is 17.7. The summed E-state index contributed by atoms with van der Waals surface area (Å²) >= 11 is 1.65. The molecule has 1 aliphatic rings. The van der Waals surface area contributed by atoms with E-state index < -0.39 is 11.7 Å². The van der Waals surface area contributed by atoms with Gasteiger partial charge in [0.1, 0.15) is 5.01 Å². The van der Waals surface area contributed by atoms with Crippen molar-refractivity contribution >= 4 is 22.9 Å². The number of rotatable bonds is 6. The maximum atomic E-state index is 13.3. The summed E-state index contributed by atoms with van der Waals surface area (Å²) in [7, 11) is 0. The van der Waals surface area contributed by atoms with E-state index in [1.807, 2.05) is 43.5 Å². The van der Waals surface area contributed by atoms with Crippen molar-refractivity contribution < 1.29 is 18.0 Å². The highest BCUT2D eigenvalue weighted by Gasteiger charge is 2.30. The first kappa shape index (κ1) is 25.2. The molecule has 1 amide bonds. The molecule has 1 atom stereocenters. The number of hydrogen-bond acceptors (Lipinski definition) is 4. The van der Waals surface area contributed by atoms with Gasteiger partial charge < -0.3 is 10.6 Å². The highest BCUT2D eigenvalue weighted by Crippen LogP contribution is 2.34. The predicted molar refractivity (Wildman–Crippen MR) is 141 cm³/mol. The zero-order valence-electron chi connectivity index (χ0n) is 20.4. The molecule has 0 unspecified atom stereocenters. The molecule has 4 aromatic rings. The van der Waals surface area contributed by atoms with Gasteiger partial charge in [0.25, 0.3) is 5.91 Å². The van der Waals surface area contributed by atoms with E-state index in [0.717, 1.165) is 47.8 Å². The van der Waals surface area contributed by atoms with Crippen LogP contribution in [-0.2, 0) is 25.6 Å². The second kappa shape index (κ2) is 10.1. The van der Waals surface area contributed by atoms with Crippen LogP contribution in [0, 0.1) is 13.8 Å². The molecule has 0 saturated heterocycles. The molecule has 1 aromatic heterocycles. The Hall–Kier alpha value is -3.49. The molecule has 1 heterocycles. The molecule has 1 aliphatic carbocycles. The zero-order valence-corrected chi connectivity index (χ0v) is 21.3. The van der Waals surface area contributed by atoms with Crippen LogP contribution in [0.15, 0.2) is 66.0 Å². The third-order valence-electron chi connectivity index (χ3n) is 6.62. The third-order valence-corrected chi connectivity index (χ3v) is 7.59. The van der Waals surface area contributed by atoms with Crippen molar-refractivity contribution in [2.24, 2.45) is 0 Å². The van der Waals surface area contributed by atoms with Crippen molar-refractivity contribution in [2.45, 2.75) is 45.5 Å². The first-order valence-electron chi connectivity index (χ1n) is 12.0. The van der Waals surface area contributed by atoms with Crippen LogP contribution in [0.2, 0.25) is 0 Å². The van der Waals surface area contributed by atoms with Gasteiger partial charge >= 0.3 is 6.18 Å². The number of fused-ring (bicyclic) bond motifs is 1. The van der Waals surface area contributed by atoms with Gasteiger partial charge in [-0.1, -0.05) is 30.3 Å². The minimum absolute atomic E-state index is 0.301. The number of halogens is 3. The number of carbonyl (C=O) groups is 1. The van der Waals surface area contributed by atoms with Crippen molar-refractivity contribution in [1.29, 1.82) is 0 Å². The molecular formula is C29H26F3N3OS. The molecule has 0 spiro atoms. The number of nitrogens with zero attached hydrogens (tertiary/aromatic N) is 1. The maximum Gasteiger partial charge on any atom is 0.416 e. The summed E-state index contributed by atoms with van der Waals surface area (Å²) < 4.78 is 39.1. The van der Waals surface area contributed by atoms with E-state index in [9.17, 15) is 18.0 Å². The first-order valence-corrected chi connectivity index (χ1v) is 12.9. The molecule has 4 nitrogen and oxygen atoms in total. The SMILES string of the molecule is Cc1csc(CN[C@H]2Cc3ccc(NC(=O)c4cccc(C)c4-c4ccc(C(F)(F)F)cc4)cc3C2)n1. The number of benzene rings is 3. The quantitative estimate of drug-likeness (QED) is 0.289. The van der Waals surface area contributed by atoms with Gasteiger partial charge in [-0.3, -0.25) is 4.79 Å². The van der Waals surface area contributed by atoms with E-state index in [4.69, 9.17) is 0 Å². The highest BCUT2D eigenvalue weighted by atomic mass is 32.1. The van der Waals surface area contributed by atoms with E-state index in [1.54, 1.807) is 23.5 Å². The summed E-state index contributed by atoms with van der Waals surface area (Å²) in [6.45, 7) is 4.57. The van der Waals surface area contributed by atoms with Crippen LogP contribution < -0.4 is 10.6 Å². The van der Waals surface area contributed by atoms with E-state index in [-0.39, 0.29) is 5.91 Å². The average molecular weight is 522 g/mol. The second-order valence-corrected chi connectivity index (χ2v) is 10.3. The number of aromatic nitrogens is 1. The normalized spacial score (nSPS) is 15.0. The van der Waals surface area contributed by atoms with Crippen molar-refractivity contribution in [3.05, 3.63) is 105 Å². The van der Waals surface area contributed by atoms with Gasteiger partial charge in [-0.15, -0.1) is 11.3 Å². The van der Waals surface area contributed by atoms with Crippen LogP contribution in [0.5, 0.6) is 0 Å². The molecule has 5 rings (SSSR count). The summed E-state index contributed by atoms with van der Waals surface area (Å²) in [4.78, 5) is 17.8. The Bertz CT molecular complexity index is 1440. The molecule has 0 aliphatic heterocycles. The summed E-state index contributed by atoms with van der Waals surface area (Å²) in [6.07, 6.45) is -2.62. The fourth-order valence-corrected chi connectivity index (χ4v) is 5.54. The van der Waals surface area contributed by atoms with Crippen LogP contribution in [0.3, 0.4) is 0 Å². The van der Waals surface area contributed by atoms with Crippen LogP contribution in [-0.4, -0.2) is 16.9 Å². The van der Waals surface area contributed by atoms with Gasteiger partial charge in [0.2, 0.25) is 0 Å². The van der Waals surface area contributed by atoms with Gasteiger partial charge in [0.15, 0.2) is 0 Å². The lowest BCUT2D eigenvalue weighted by atomic mass is 9.93. The van der Waals surface area contributed by atoms with Crippen molar-refractivity contribution in [3.8, 4) is 11.1 Å². The number of aryl methyl sites for hydroxylation is 2. The highest BCUT2D eigenvalue weighted by molar-refractivity contribution is 7.09. The van der Waals surface area contributed by atoms with E-state index in [2.05, 4.69) is 15.6 Å². The predicted octanol–water partition coefficient (Wildman–Crippen LogP) is 6.96. The number of hydrogen-bond donors (Lipinski definition) is 2. The van der Waals surface area contributed by atoms with E-state index in [0.29, 0.717) is 28.4 Å². The topological polar surface area (TPSA) is 54.0 Å². The third kappa shape index (κ3) is 5.60. The summed E-state index contributed by atoms with van der Waals surface area (Å²) in [6, 6.07) is 16.5. The maximum absolute atomic E-state index is 13.3. The van der Waals surface area contributed by atoms with Crippen molar-refractivity contribution in [1.82, 2.24) is 10.3 Å². The number of alkyl halides is 3. The van der Waals surface area contributed by atoms with Gasteiger partial charge in [0.05, 0.1) is 5.56 Å². The number of nitrogens with one attached hydrogen (secondary N) is 2. The summed E-state index contributed by atoms with van der Waals surface area (Å²) in [5.41, 5.74) is 5.87. The van der Waals surface area contributed by atoms with Gasteiger partial charge in [0, 0.05) is 34.9 Å². The molecule has 0 fully saturated rings. The minimum atomic E-state index is -4.41. The van der Waals surface area contributed by atoms with Gasteiger partial charge in [-0.05, 0) is 84.8 Å². The molecular weight excluding hydrogens is 495 g/mol. The monoisotopic (exact) mass is 521 g/mol. The Morgan fingerprint density at radius 2 is 1.78 bits per heavy atom. The molecule has 0 bridgehead atoms. The minimum Gasteiger partial charge on any atom is -0.322 e. The molecule has 8 heteroatoms. The molecule has 0 saturated carbocycles.